The third-order valence-corrected chi connectivity index (χ3v) is 9.93. The Morgan fingerprint density at radius 3 is 2.18 bits per heavy atom. The minimum Gasteiger partial charge on any atom is -0.512 e. The number of carboxylic acids is 1. The molecule has 3 aliphatic rings. The van der Waals surface area contributed by atoms with Gasteiger partial charge in [0.2, 0.25) is 5.78 Å². The first-order valence-corrected chi connectivity index (χ1v) is 15.4. The van der Waals surface area contributed by atoms with Crippen molar-refractivity contribution in [2.75, 3.05) is 7.11 Å². The molecule has 3 aromatic heterocycles. The summed E-state index contributed by atoms with van der Waals surface area (Å²) in [6.07, 6.45) is 1.00. The topological polar surface area (TPSA) is 158 Å². The highest BCUT2D eigenvalue weighted by Crippen LogP contribution is 2.41. The number of ether oxygens (including phenoxy) is 1. The molecule has 0 radical (unpaired) electrons. The fourth-order valence-electron chi connectivity index (χ4n) is 7.44. The number of aliphatic carboxylic acids is 1. The molecule has 6 rings (SSSR count). The van der Waals surface area contributed by atoms with Gasteiger partial charge in [-0.25, -0.2) is 4.79 Å². The molecule has 4 N–H and O–H groups in total. The summed E-state index contributed by atoms with van der Waals surface area (Å²) < 4.78 is 5.10. The van der Waals surface area contributed by atoms with E-state index in [9.17, 15) is 24.6 Å². The molecular weight excluding hydrogens is 572 g/mol. The predicted octanol–water partition coefficient (Wildman–Crippen LogP) is 5.19. The number of Topliss-reactive ketones (excluding diaryl/α,β-unsaturated/α-hetero) is 1. The number of carbonyl (C=O) groups excluding carboxylic acids is 2. The van der Waals surface area contributed by atoms with E-state index in [2.05, 4.69) is 23.8 Å². The van der Waals surface area contributed by atoms with Crippen LogP contribution in [0, 0.1) is 13.8 Å². The van der Waals surface area contributed by atoms with E-state index in [1.54, 1.807) is 6.92 Å². The van der Waals surface area contributed by atoms with Crippen LogP contribution in [0.15, 0.2) is 18.2 Å². The number of aromatic nitrogens is 4. The third-order valence-electron chi connectivity index (χ3n) is 9.93. The van der Waals surface area contributed by atoms with Crippen LogP contribution in [-0.2, 0) is 14.3 Å². The van der Waals surface area contributed by atoms with Crippen LogP contribution in [0.5, 0.6) is 0 Å². The Kier molecular flexibility index (Phi) is 7.42. The summed E-state index contributed by atoms with van der Waals surface area (Å²) in [5.74, 6) is -2.36. The summed E-state index contributed by atoms with van der Waals surface area (Å²) in [7, 11) is 1.24. The molecule has 0 aromatic carbocycles. The first-order valence-electron chi connectivity index (χ1n) is 15.4. The number of nitrogens with zero attached hydrogens (tertiary/aromatic N) is 2. The molecule has 0 amide bonds. The Morgan fingerprint density at radius 1 is 0.911 bits per heavy atom. The van der Waals surface area contributed by atoms with Crippen LogP contribution in [-0.4, -0.2) is 55.0 Å². The molecule has 4 atom stereocenters. The monoisotopic (exact) mass is 610 g/mol. The number of fused-ring (bicyclic) bond motifs is 8. The van der Waals surface area contributed by atoms with Crippen molar-refractivity contribution < 1.29 is 29.3 Å². The van der Waals surface area contributed by atoms with Gasteiger partial charge in [0.25, 0.3) is 0 Å². The number of carbonyl (C=O) groups is 3. The lowest BCUT2D eigenvalue weighted by Crippen LogP contribution is -2.22. The SMILES string of the molecule is CC[C@H]1c2cc3[nH]c4c(c3C)C(=O)C(C(=O)OC)=c4c3nc(cc4[nH]c(cc(n2)[C@@H]1C)c(=C(C)O)c4C)[C@@H](C)[C@@H]3CCC(=O)O. The highest BCUT2D eigenvalue weighted by molar-refractivity contribution is 6.48. The number of H-pyrrole nitrogens is 2. The van der Waals surface area contributed by atoms with Gasteiger partial charge in [-0.2, -0.15) is 0 Å². The van der Waals surface area contributed by atoms with Gasteiger partial charge in [0.05, 0.1) is 35.2 Å². The summed E-state index contributed by atoms with van der Waals surface area (Å²) in [6, 6.07) is 5.90. The minimum atomic E-state index is -0.942. The zero-order chi connectivity index (χ0) is 32.5. The summed E-state index contributed by atoms with van der Waals surface area (Å²) >= 11 is 0. The van der Waals surface area contributed by atoms with Gasteiger partial charge in [-0.05, 0) is 62.9 Å². The Morgan fingerprint density at radius 2 is 1.53 bits per heavy atom. The second-order valence-corrected chi connectivity index (χ2v) is 12.5. The fraction of sp³-hybridized carbons (Fsp3) is 0.400. The quantitative estimate of drug-likeness (QED) is 0.288. The summed E-state index contributed by atoms with van der Waals surface area (Å²) in [6.45, 7) is 11.7. The molecule has 0 saturated carbocycles. The number of aliphatic hydroxyl groups excluding tert-OH is 1. The number of hydrogen-bond acceptors (Lipinski definition) is 7. The van der Waals surface area contributed by atoms with Crippen molar-refractivity contribution in [2.24, 2.45) is 0 Å². The number of aryl methyl sites for hydroxylation is 2. The number of methoxy groups -OCH3 is 1. The lowest BCUT2D eigenvalue weighted by molar-refractivity contribution is -0.137. The molecule has 0 fully saturated rings. The zero-order valence-electron chi connectivity index (χ0n) is 26.6. The van der Waals surface area contributed by atoms with Crippen molar-refractivity contribution in [1.29, 1.82) is 0 Å². The first-order chi connectivity index (χ1) is 21.4. The largest absolute Gasteiger partial charge is 0.512 e. The number of hydrogen-bond donors (Lipinski definition) is 4. The molecule has 0 spiro atoms. The fourth-order valence-corrected chi connectivity index (χ4v) is 7.44. The maximum Gasteiger partial charge on any atom is 0.342 e. The maximum absolute atomic E-state index is 14.0. The highest BCUT2D eigenvalue weighted by atomic mass is 16.5. The minimum absolute atomic E-state index is 0.100. The molecule has 10 nitrogen and oxygen atoms in total. The number of aromatic amines is 2. The van der Waals surface area contributed by atoms with E-state index in [1.165, 1.54) is 7.11 Å². The Labute approximate surface area is 259 Å². The number of rotatable bonds is 5. The van der Waals surface area contributed by atoms with E-state index in [-0.39, 0.29) is 47.8 Å². The lowest BCUT2D eigenvalue weighted by atomic mass is 9.86. The molecular formula is C35H38N4O6. The van der Waals surface area contributed by atoms with Gasteiger partial charge in [-0.1, -0.05) is 20.8 Å². The van der Waals surface area contributed by atoms with E-state index in [0.29, 0.717) is 38.5 Å². The van der Waals surface area contributed by atoms with Crippen LogP contribution in [0.25, 0.3) is 33.4 Å². The van der Waals surface area contributed by atoms with Crippen LogP contribution in [0.4, 0.5) is 0 Å². The van der Waals surface area contributed by atoms with E-state index >= 15 is 0 Å². The smallest absolute Gasteiger partial charge is 0.342 e. The predicted molar refractivity (Wildman–Crippen MR) is 171 cm³/mol. The van der Waals surface area contributed by atoms with Crippen LogP contribution < -0.4 is 10.4 Å². The van der Waals surface area contributed by atoms with Crippen LogP contribution in [0.3, 0.4) is 0 Å². The first kappa shape index (κ1) is 30.3. The van der Waals surface area contributed by atoms with Crippen molar-refractivity contribution in [3.63, 3.8) is 0 Å². The van der Waals surface area contributed by atoms with Crippen molar-refractivity contribution in [1.82, 2.24) is 19.9 Å². The second kappa shape index (κ2) is 11.0. The molecule has 3 aromatic rings. The number of esters is 1. The Hall–Kier alpha value is -4.73. The molecule has 5 heterocycles. The van der Waals surface area contributed by atoms with Gasteiger partial charge in [0, 0.05) is 68.6 Å². The summed E-state index contributed by atoms with van der Waals surface area (Å²) in [4.78, 5) is 55.9. The van der Waals surface area contributed by atoms with E-state index in [4.69, 9.17) is 14.7 Å². The second-order valence-electron chi connectivity index (χ2n) is 12.5. The molecule has 45 heavy (non-hydrogen) atoms. The molecule has 8 bridgehead atoms. The average molecular weight is 611 g/mol. The van der Waals surface area contributed by atoms with E-state index in [0.717, 1.165) is 39.9 Å². The number of ketones is 1. The van der Waals surface area contributed by atoms with Gasteiger partial charge >= 0.3 is 11.9 Å². The molecule has 0 saturated heterocycles. The molecule has 1 aliphatic carbocycles. The van der Waals surface area contributed by atoms with Crippen molar-refractivity contribution in [3.8, 4) is 0 Å². The van der Waals surface area contributed by atoms with Crippen LogP contribution >= 0.6 is 0 Å². The van der Waals surface area contributed by atoms with Gasteiger partial charge in [-0.15, -0.1) is 0 Å². The van der Waals surface area contributed by atoms with Crippen molar-refractivity contribution in [2.45, 2.75) is 84.5 Å². The Balaban J connectivity index is 1.87. The summed E-state index contributed by atoms with van der Waals surface area (Å²) in [5.41, 5.74) is 7.44. The zero-order valence-corrected chi connectivity index (χ0v) is 26.6. The highest BCUT2D eigenvalue weighted by Gasteiger charge is 2.38. The van der Waals surface area contributed by atoms with E-state index in [1.807, 2.05) is 39.0 Å². The third kappa shape index (κ3) is 4.65. The van der Waals surface area contributed by atoms with Crippen LogP contribution in [0.2, 0.25) is 0 Å². The normalized spacial score (nSPS) is 21.3. The lowest BCUT2D eigenvalue weighted by Gasteiger charge is -2.15. The number of aliphatic hydroxyl groups is 1. The molecule has 0 unspecified atom stereocenters. The van der Waals surface area contributed by atoms with Gasteiger partial charge in [0.1, 0.15) is 5.57 Å². The number of nitrogens with one attached hydrogen (secondary N) is 2. The van der Waals surface area contributed by atoms with Crippen LogP contribution in [0.1, 0.15) is 115 Å². The standard InChI is InChI=1S/C35H38N4O6/c1-8-19-14(2)21-13-26-28(18(6)40)16(4)23(37-26)11-22-15(3)20(9-10-27(41)42)32(38-22)30-31(35(44)45-7)34(43)29-17(5)24(39-33(29)30)12-25(19)36-21/h11-15,19-20,37,39-40H,8-10H2,1-7H3,(H,41,42)/t14-,15+,19-,20+/m1/s1. The van der Waals surface area contributed by atoms with Crippen molar-refractivity contribution >= 4 is 51.1 Å². The van der Waals surface area contributed by atoms with Crippen molar-refractivity contribution in [3.05, 3.63) is 68.1 Å². The maximum atomic E-state index is 14.0. The van der Waals surface area contributed by atoms with Gasteiger partial charge in [-0.3, -0.25) is 19.6 Å². The van der Waals surface area contributed by atoms with Gasteiger partial charge < -0.3 is 24.9 Å². The average Bonchev–Trinajstić information content (AvgIpc) is 3.72. The van der Waals surface area contributed by atoms with E-state index < -0.39 is 17.7 Å². The van der Waals surface area contributed by atoms with Gasteiger partial charge in [0.15, 0.2) is 0 Å². The molecule has 10 heteroatoms. The molecule has 234 valence electrons. The number of carboxylic acid groups (broad SMARTS) is 1. The Bertz CT molecular complexity index is 2100. The summed E-state index contributed by atoms with van der Waals surface area (Å²) in [5, 5.41) is 21.4. The molecule has 2 aliphatic heterocycles.